The summed E-state index contributed by atoms with van der Waals surface area (Å²) in [5, 5.41) is 5.18. The van der Waals surface area contributed by atoms with Crippen molar-refractivity contribution in [2.75, 3.05) is 5.32 Å². The molecule has 0 fully saturated rings. The molecule has 0 unspecified atom stereocenters. The molecule has 5 heteroatoms. The lowest BCUT2D eigenvalue weighted by atomic mass is 10.1. The van der Waals surface area contributed by atoms with E-state index in [-0.39, 0.29) is 12.3 Å². The fourth-order valence-corrected chi connectivity index (χ4v) is 2.83. The number of carbonyl (C=O) groups excluding carboxylic acids is 1. The number of fused-ring (bicyclic) bond motifs is 3. The van der Waals surface area contributed by atoms with Crippen LogP contribution in [0.3, 0.4) is 0 Å². The fourth-order valence-electron chi connectivity index (χ4n) is 2.83. The summed E-state index contributed by atoms with van der Waals surface area (Å²) < 4.78 is 10.5. The smallest absolute Gasteiger partial charge is 0.412 e. The van der Waals surface area contributed by atoms with Crippen LogP contribution in [-0.4, -0.2) is 6.09 Å². The lowest BCUT2D eigenvalue weighted by molar-refractivity contribution is 0.155. The minimum absolute atomic E-state index is 0.0481. The number of rotatable bonds is 3. The first kappa shape index (κ1) is 15.9. The first-order chi connectivity index (χ1) is 12.7. The summed E-state index contributed by atoms with van der Waals surface area (Å²) in [5.74, 6) is 0. The van der Waals surface area contributed by atoms with E-state index in [0.717, 1.165) is 21.7 Å². The van der Waals surface area contributed by atoms with E-state index in [0.29, 0.717) is 5.58 Å². The Bertz CT molecular complexity index is 1150. The third kappa shape index (κ3) is 3.15. The van der Waals surface area contributed by atoms with Gasteiger partial charge in [0.15, 0.2) is 0 Å². The topological polar surface area (TPSA) is 68.5 Å². The zero-order valence-corrected chi connectivity index (χ0v) is 13.8. The van der Waals surface area contributed by atoms with Gasteiger partial charge < -0.3 is 9.15 Å². The van der Waals surface area contributed by atoms with Gasteiger partial charge in [0, 0.05) is 5.39 Å². The Morgan fingerprint density at radius 2 is 1.69 bits per heavy atom. The minimum Gasteiger partial charge on any atom is -0.444 e. The van der Waals surface area contributed by atoms with Crippen molar-refractivity contribution in [3.8, 4) is 0 Å². The number of anilines is 1. The number of benzene rings is 3. The fraction of sp³-hybridized carbons (Fsp3) is 0.0476. The summed E-state index contributed by atoms with van der Waals surface area (Å²) in [6, 6.07) is 22.3. The predicted octanol–water partition coefficient (Wildman–Crippen LogP) is 4.69. The molecular weight excluding hydrogens is 330 g/mol. The number of nitrogens with one attached hydrogen (secondary N) is 1. The molecule has 0 aliphatic heterocycles. The maximum Gasteiger partial charge on any atom is 0.412 e. The van der Waals surface area contributed by atoms with E-state index in [9.17, 15) is 9.59 Å². The molecule has 0 spiro atoms. The van der Waals surface area contributed by atoms with E-state index in [2.05, 4.69) is 5.32 Å². The van der Waals surface area contributed by atoms with Gasteiger partial charge in [-0.3, -0.25) is 5.32 Å². The van der Waals surface area contributed by atoms with Crippen LogP contribution < -0.4 is 10.9 Å². The number of hydrogen-bond donors (Lipinski definition) is 1. The Morgan fingerprint density at radius 1 is 0.923 bits per heavy atom. The average molecular weight is 345 g/mol. The van der Waals surface area contributed by atoms with Crippen molar-refractivity contribution in [2.24, 2.45) is 0 Å². The highest BCUT2D eigenvalue weighted by atomic mass is 16.5. The second-order valence-electron chi connectivity index (χ2n) is 5.83. The van der Waals surface area contributed by atoms with Crippen LogP contribution in [0.4, 0.5) is 10.5 Å². The Morgan fingerprint density at radius 3 is 2.54 bits per heavy atom. The molecule has 0 aliphatic rings. The molecule has 0 saturated carbocycles. The van der Waals surface area contributed by atoms with Crippen LogP contribution in [0.5, 0.6) is 0 Å². The molecule has 0 radical (unpaired) electrons. The van der Waals surface area contributed by atoms with Gasteiger partial charge >= 0.3 is 11.7 Å². The molecule has 1 N–H and O–H groups in total. The van der Waals surface area contributed by atoms with Crippen molar-refractivity contribution in [1.82, 2.24) is 0 Å². The van der Waals surface area contributed by atoms with Crippen LogP contribution in [-0.2, 0) is 11.3 Å². The molecule has 3 aromatic carbocycles. The molecule has 1 amide bonds. The van der Waals surface area contributed by atoms with E-state index in [1.807, 2.05) is 60.7 Å². The number of carbonyl (C=O) groups is 1. The van der Waals surface area contributed by atoms with E-state index >= 15 is 0 Å². The van der Waals surface area contributed by atoms with Gasteiger partial charge in [-0.2, -0.15) is 0 Å². The molecule has 4 aromatic rings. The molecule has 0 saturated heterocycles. The van der Waals surface area contributed by atoms with Crippen molar-refractivity contribution < 1.29 is 13.9 Å². The van der Waals surface area contributed by atoms with Crippen LogP contribution in [0.1, 0.15) is 5.56 Å². The average Bonchev–Trinajstić information content (AvgIpc) is 2.68. The summed E-state index contributed by atoms with van der Waals surface area (Å²) in [5.41, 5.74) is 0.757. The number of hydrogen-bond acceptors (Lipinski definition) is 4. The standard InChI is InChI=1S/C21H15NO4/c23-20-18(22-21(24)25-13-14-6-2-1-3-7-14)12-17-16-9-5-4-8-15(16)10-11-19(17)26-20/h1-12H,13H2,(H,22,24). The van der Waals surface area contributed by atoms with Crippen LogP contribution in [0, 0.1) is 0 Å². The highest BCUT2D eigenvalue weighted by Crippen LogP contribution is 2.26. The third-order valence-electron chi connectivity index (χ3n) is 4.09. The second kappa shape index (κ2) is 6.72. The molecule has 0 bridgehead atoms. The first-order valence-corrected chi connectivity index (χ1v) is 8.14. The summed E-state index contributed by atoms with van der Waals surface area (Å²) >= 11 is 0. The van der Waals surface area contributed by atoms with Gasteiger partial charge in [-0.15, -0.1) is 0 Å². The van der Waals surface area contributed by atoms with Gasteiger partial charge in [0.1, 0.15) is 17.9 Å². The Kier molecular flexibility index (Phi) is 4.11. The summed E-state index contributed by atoms with van der Waals surface area (Å²) in [6.45, 7) is 0.120. The summed E-state index contributed by atoms with van der Waals surface area (Å²) in [6.07, 6.45) is -0.708. The summed E-state index contributed by atoms with van der Waals surface area (Å²) in [7, 11) is 0. The zero-order valence-electron chi connectivity index (χ0n) is 13.8. The molecule has 0 aliphatic carbocycles. The molecule has 5 nitrogen and oxygen atoms in total. The van der Waals surface area contributed by atoms with Gasteiger partial charge in [-0.05, 0) is 28.5 Å². The monoisotopic (exact) mass is 345 g/mol. The summed E-state index contributed by atoms with van der Waals surface area (Å²) in [4.78, 5) is 24.2. The van der Waals surface area contributed by atoms with Crippen molar-refractivity contribution in [3.63, 3.8) is 0 Å². The zero-order chi connectivity index (χ0) is 17.9. The molecule has 1 aromatic heterocycles. The molecule has 0 atom stereocenters. The van der Waals surface area contributed by atoms with Crippen LogP contribution in [0.2, 0.25) is 0 Å². The lowest BCUT2D eigenvalue weighted by Crippen LogP contribution is -2.18. The van der Waals surface area contributed by atoms with Crippen LogP contribution in [0.15, 0.2) is 82.0 Å². The van der Waals surface area contributed by atoms with Gasteiger partial charge in [0.2, 0.25) is 0 Å². The highest BCUT2D eigenvalue weighted by molar-refractivity contribution is 6.06. The minimum atomic E-state index is -0.708. The van der Waals surface area contributed by atoms with Gasteiger partial charge in [-0.1, -0.05) is 60.7 Å². The number of ether oxygens (including phenoxy) is 1. The predicted molar refractivity (Wildman–Crippen MR) is 100 cm³/mol. The van der Waals surface area contributed by atoms with E-state index in [1.54, 1.807) is 12.1 Å². The van der Waals surface area contributed by atoms with Crippen molar-refractivity contribution in [1.29, 1.82) is 0 Å². The van der Waals surface area contributed by atoms with Gasteiger partial charge in [0.05, 0.1) is 0 Å². The van der Waals surface area contributed by atoms with Gasteiger partial charge in [-0.25, -0.2) is 9.59 Å². The van der Waals surface area contributed by atoms with Crippen molar-refractivity contribution in [2.45, 2.75) is 6.61 Å². The molecule has 128 valence electrons. The Hall–Kier alpha value is -3.60. The second-order valence-corrected chi connectivity index (χ2v) is 5.83. The van der Waals surface area contributed by atoms with Crippen molar-refractivity contribution in [3.05, 3.63) is 88.8 Å². The highest BCUT2D eigenvalue weighted by Gasteiger charge is 2.11. The Balaban J connectivity index is 1.61. The quantitative estimate of drug-likeness (QED) is 0.432. The lowest BCUT2D eigenvalue weighted by Gasteiger charge is -2.08. The molecular formula is C21H15NO4. The van der Waals surface area contributed by atoms with E-state index < -0.39 is 11.7 Å². The number of amides is 1. The molecule has 1 heterocycles. The van der Waals surface area contributed by atoms with Crippen molar-refractivity contribution >= 4 is 33.5 Å². The third-order valence-corrected chi connectivity index (χ3v) is 4.09. The van der Waals surface area contributed by atoms with E-state index in [4.69, 9.17) is 9.15 Å². The van der Waals surface area contributed by atoms with Crippen LogP contribution in [0.25, 0.3) is 21.7 Å². The normalized spacial score (nSPS) is 10.8. The Labute approximate surface area is 148 Å². The first-order valence-electron chi connectivity index (χ1n) is 8.14. The van der Waals surface area contributed by atoms with E-state index in [1.165, 1.54) is 0 Å². The molecule has 4 rings (SSSR count). The maximum absolute atomic E-state index is 12.1. The van der Waals surface area contributed by atoms with Gasteiger partial charge in [0.25, 0.3) is 0 Å². The maximum atomic E-state index is 12.1. The largest absolute Gasteiger partial charge is 0.444 e. The molecule has 26 heavy (non-hydrogen) atoms. The SMILES string of the molecule is O=C(Nc1cc2c(ccc3ccccc32)oc1=O)OCc1ccccc1. The van der Waals surface area contributed by atoms with Crippen LogP contribution >= 0.6 is 0 Å².